The van der Waals surface area contributed by atoms with Crippen LogP contribution in [0, 0.1) is 0 Å². The topological polar surface area (TPSA) is 52.0 Å². The monoisotopic (exact) mass is 320 g/mol. The van der Waals surface area contributed by atoms with E-state index in [1.165, 1.54) is 18.5 Å². The molecule has 5 nitrogen and oxygen atoms in total. The molecule has 3 aromatic rings. The van der Waals surface area contributed by atoms with Gasteiger partial charge < -0.3 is 10.1 Å². The molecule has 1 spiro atoms. The van der Waals surface area contributed by atoms with Crippen LogP contribution in [0.2, 0.25) is 0 Å². The van der Waals surface area contributed by atoms with Gasteiger partial charge in [0.15, 0.2) is 0 Å². The molecule has 0 aliphatic carbocycles. The van der Waals surface area contributed by atoms with Crippen LogP contribution in [0.1, 0.15) is 18.5 Å². The van der Waals surface area contributed by atoms with Crippen LogP contribution in [0.25, 0.3) is 22.2 Å². The lowest BCUT2D eigenvalue weighted by Gasteiger charge is -2.20. The van der Waals surface area contributed by atoms with Crippen molar-refractivity contribution in [3.8, 4) is 17.0 Å². The van der Waals surface area contributed by atoms with Crippen molar-refractivity contribution in [2.24, 2.45) is 0 Å². The van der Waals surface area contributed by atoms with Crippen molar-refractivity contribution in [1.82, 2.24) is 20.1 Å². The molecule has 5 rings (SSSR count). The molecule has 1 aromatic carbocycles. The van der Waals surface area contributed by atoms with Gasteiger partial charge in [0.25, 0.3) is 0 Å². The maximum atomic E-state index is 5.33. The molecule has 1 saturated heterocycles. The van der Waals surface area contributed by atoms with Gasteiger partial charge in [0.2, 0.25) is 0 Å². The summed E-state index contributed by atoms with van der Waals surface area (Å²) in [4.78, 5) is 4.59. The lowest BCUT2D eigenvalue weighted by molar-refractivity contribution is 0.415. The van der Waals surface area contributed by atoms with Crippen LogP contribution in [0.4, 0.5) is 0 Å². The van der Waals surface area contributed by atoms with Crippen molar-refractivity contribution in [2.75, 3.05) is 20.2 Å². The molecule has 0 bridgehead atoms. The third kappa shape index (κ3) is 1.97. The fourth-order valence-corrected chi connectivity index (χ4v) is 4.16. The van der Waals surface area contributed by atoms with Gasteiger partial charge in [-0.05, 0) is 49.7 Å². The van der Waals surface area contributed by atoms with Gasteiger partial charge in [-0.25, -0.2) is 0 Å². The zero-order valence-electron chi connectivity index (χ0n) is 13.7. The van der Waals surface area contributed by atoms with E-state index in [1.54, 1.807) is 7.11 Å². The van der Waals surface area contributed by atoms with Crippen LogP contribution in [-0.4, -0.2) is 35.0 Å². The molecule has 4 heterocycles. The molecule has 122 valence electrons. The van der Waals surface area contributed by atoms with Crippen molar-refractivity contribution < 1.29 is 4.74 Å². The van der Waals surface area contributed by atoms with E-state index < -0.39 is 0 Å². The zero-order valence-corrected chi connectivity index (χ0v) is 13.7. The Morgan fingerprint density at radius 1 is 1.21 bits per heavy atom. The summed E-state index contributed by atoms with van der Waals surface area (Å²) in [6.07, 6.45) is 4.34. The lowest BCUT2D eigenvalue weighted by Crippen LogP contribution is -2.25. The molecule has 0 saturated carbocycles. The Morgan fingerprint density at radius 3 is 3.00 bits per heavy atom. The van der Waals surface area contributed by atoms with E-state index in [0.717, 1.165) is 47.5 Å². The summed E-state index contributed by atoms with van der Waals surface area (Å²) in [6.45, 7) is 3.20. The normalized spacial score (nSPS) is 22.4. The molecule has 2 aromatic heterocycles. The molecule has 0 radical (unpaired) electrons. The smallest absolute Gasteiger partial charge is 0.119 e. The van der Waals surface area contributed by atoms with Crippen LogP contribution in [-0.2, 0) is 12.0 Å². The summed E-state index contributed by atoms with van der Waals surface area (Å²) >= 11 is 0. The zero-order chi connectivity index (χ0) is 16.1. The Balaban J connectivity index is 1.58. The van der Waals surface area contributed by atoms with Crippen LogP contribution in [0.3, 0.4) is 0 Å². The van der Waals surface area contributed by atoms with E-state index in [2.05, 4.69) is 27.1 Å². The molecule has 1 atom stereocenters. The fourth-order valence-electron chi connectivity index (χ4n) is 4.16. The van der Waals surface area contributed by atoms with Crippen molar-refractivity contribution in [3.05, 3.63) is 42.2 Å². The number of hydrogen-bond donors (Lipinski definition) is 1. The highest BCUT2D eigenvalue weighted by Crippen LogP contribution is 2.41. The molecule has 1 unspecified atom stereocenters. The Labute approximate surface area is 140 Å². The maximum absolute atomic E-state index is 5.33. The van der Waals surface area contributed by atoms with Gasteiger partial charge in [-0.1, -0.05) is 0 Å². The first-order chi connectivity index (χ1) is 11.8. The van der Waals surface area contributed by atoms with Crippen LogP contribution in [0.15, 0.2) is 36.5 Å². The van der Waals surface area contributed by atoms with Crippen LogP contribution < -0.4 is 10.1 Å². The minimum absolute atomic E-state index is 0.290. The standard InChI is InChI=1S/C19H20N4O/c1-24-15-2-3-16-13(9-15)8-14(11-21-16)17-10-18-19(4-6-20-12-19)5-7-23(18)22-17/h2-3,8-11,20H,4-7,12H2,1H3. The van der Waals surface area contributed by atoms with Crippen molar-refractivity contribution in [3.63, 3.8) is 0 Å². The molecule has 0 amide bonds. The quantitative estimate of drug-likeness (QED) is 0.789. The number of nitrogens with zero attached hydrogens (tertiary/aromatic N) is 3. The van der Waals surface area contributed by atoms with Gasteiger partial charge >= 0.3 is 0 Å². The number of methoxy groups -OCH3 is 1. The Bertz CT molecular complexity index is 924. The average molecular weight is 320 g/mol. The van der Waals surface area contributed by atoms with E-state index in [0.29, 0.717) is 5.41 Å². The Hall–Kier alpha value is -2.40. The van der Waals surface area contributed by atoms with Crippen molar-refractivity contribution in [1.29, 1.82) is 0 Å². The van der Waals surface area contributed by atoms with Gasteiger partial charge in [-0.15, -0.1) is 0 Å². The first kappa shape index (κ1) is 14.0. The summed E-state index contributed by atoms with van der Waals surface area (Å²) in [5.41, 5.74) is 4.74. The van der Waals surface area contributed by atoms with Gasteiger partial charge in [0.05, 0.1) is 18.3 Å². The third-order valence-corrected chi connectivity index (χ3v) is 5.55. The molecule has 24 heavy (non-hydrogen) atoms. The number of rotatable bonds is 2. The van der Waals surface area contributed by atoms with E-state index in [4.69, 9.17) is 9.84 Å². The number of aryl methyl sites for hydroxylation is 1. The predicted octanol–water partition coefficient (Wildman–Crippen LogP) is 2.74. The predicted molar refractivity (Wildman–Crippen MR) is 93.3 cm³/mol. The Morgan fingerprint density at radius 2 is 2.17 bits per heavy atom. The number of aromatic nitrogens is 3. The average Bonchev–Trinajstić information content (AvgIpc) is 3.33. The highest BCUT2D eigenvalue weighted by molar-refractivity contribution is 5.84. The number of benzene rings is 1. The maximum Gasteiger partial charge on any atom is 0.119 e. The second kappa shape index (κ2) is 5.05. The highest BCUT2D eigenvalue weighted by atomic mass is 16.5. The van der Waals surface area contributed by atoms with E-state index in [9.17, 15) is 0 Å². The van der Waals surface area contributed by atoms with Gasteiger partial charge in [0, 0.05) is 41.3 Å². The summed E-state index contributed by atoms with van der Waals surface area (Å²) in [5.74, 6) is 0.852. The molecule has 2 aliphatic rings. The molecule has 5 heteroatoms. The van der Waals surface area contributed by atoms with Crippen LogP contribution in [0.5, 0.6) is 5.75 Å². The van der Waals surface area contributed by atoms with Crippen LogP contribution >= 0.6 is 0 Å². The summed E-state index contributed by atoms with van der Waals surface area (Å²) in [5, 5.41) is 9.44. The van der Waals surface area contributed by atoms with E-state index >= 15 is 0 Å². The molecular weight excluding hydrogens is 300 g/mol. The van der Waals surface area contributed by atoms with Gasteiger partial charge in [-0.2, -0.15) is 5.10 Å². The van der Waals surface area contributed by atoms with Gasteiger partial charge in [-0.3, -0.25) is 9.67 Å². The van der Waals surface area contributed by atoms with Gasteiger partial charge in [0.1, 0.15) is 5.75 Å². The summed E-state index contributed by atoms with van der Waals surface area (Å²) in [6, 6.07) is 10.4. The largest absolute Gasteiger partial charge is 0.497 e. The highest BCUT2D eigenvalue weighted by Gasteiger charge is 2.42. The lowest BCUT2D eigenvalue weighted by atomic mass is 9.82. The first-order valence-electron chi connectivity index (χ1n) is 8.51. The van der Waals surface area contributed by atoms with E-state index in [-0.39, 0.29) is 0 Å². The third-order valence-electron chi connectivity index (χ3n) is 5.55. The minimum Gasteiger partial charge on any atom is -0.497 e. The molecule has 1 fully saturated rings. The number of ether oxygens (including phenoxy) is 1. The minimum atomic E-state index is 0.290. The number of nitrogens with one attached hydrogen (secondary N) is 1. The number of fused-ring (bicyclic) bond motifs is 3. The molecule has 2 aliphatic heterocycles. The molecular formula is C19H20N4O. The summed E-state index contributed by atoms with van der Waals surface area (Å²) < 4.78 is 7.52. The fraction of sp³-hybridized carbons (Fsp3) is 0.368. The first-order valence-corrected chi connectivity index (χ1v) is 8.51. The number of pyridine rings is 1. The van der Waals surface area contributed by atoms with Crippen molar-refractivity contribution >= 4 is 10.9 Å². The number of hydrogen-bond acceptors (Lipinski definition) is 4. The SMILES string of the molecule is COc1ccc2ncc(-c3cc4n(n3)CCC43CCNC3)cc2c1. The Kier molecular flexibility index (Phi) is 2.94. The second-order valence-electron chi connectivity index (χ2n) is 6.88. The van der Waals surface area contributed by atoms with E-state index in [1.807, 2.05) is 24.4 Å². The second-order valence-corrected chi connectivity index (χ2v) is 6.88. The molecule has 1 N–H and O–H groups in total. The summed E-state index contributed by atoms with van der Waals surface area (Å²) in [7, 11) is 1.69. The van der Waals surface area contributed by atoms with Crippen molar-refractivity contribution in [2.45, 2.75) is 24.8 Å².